The van der Waals surface area contributed by atoms with E-state index in [1.165, 1.54) is 25.7 Å². The van der Waals surface area contributed by atoms with Gasteiger partial charge < -0.3 is 5.11 Å². The molecule has 58 valence electrons. The molecule has 0 aliphatic heterocycles. The molecule has 0 aromatic carbocycles. The average Bonchev–Trinajstić information content (AvgIpc) is 2.17. The van der Waals surface area contributed by atoms with Gasteiger partial charge in [-0.05, 0) is 31.6 Å². The topological polar surface area (TPSA) is 20.2 Å². The molecular formula is C9H16O. The minimum atomic E-state index is 0.342. The first-order valence-corrected chi connectivity index (χ1v) is 4.21. The third kappa shape index (κ3) is 2.53. The molecule has 0 saturated heterocycles. The summed E-state index contributed by atoms with van der Waals surface area (Å²) in [6.07, 6.45) is 10.7. The van der Waals surface area contributed by atoms with Crippen molar-refractivity contribution in [3.63, 3.8) is 0 Å². The largest absolute Gasteiger partial charge is 0.396 e. The Morgan fingerprint density at radius 2 is 2.30 bits per heavy atom. The Balaban J connectivity index is 2.27. The van der Waals surface area contributed by atoms with Gasteiger partial charge in [-0.1, -0.05) is 18.6 Å². The lowest BCUT2D eigenvalue weighted by Crippen LogP contribution is -1.97. The molecule has 1 heteroatoms. The van der Waals surface area contributed by atoms with Crippen molar-refractivity contribution in [2.24, 2.45) is 5.92 Å². The zero-order valence-corrected chi connectivity index (χ0v) is 6.42. The first-order chi connectivity index (χ1) is 4.93. The van der Waals surface area contributed by atoms with Crippen LogP contribution in [0.5, 0.6) is 0 Å². The number of aliphatic hydroxyl groups excluding tert-OH is 1. The molecular weight excluding hydrogens is 124 g/mol. The van der Waals surface area contributed by atoms with Crippen molar-refractivity contribution in [3.05, 3.63) is 12.2 Å². The lowest BCUT2D eigenvalue weighted by Gasteiger charge is -2.06. The van der Waals surface area contributed by atoms with Crippen LogP contribution in [-0.4, -0.2) is 11.7 Å². The molecule has 1 aliphatic rings. The van der Waals surface area contributed by atoms with E-state index in [9.17, 15) is 0 Å². The van der Waals surface area contributed by atoms with E-state index in [-0.39, 0.29) is 0 Å². The van der Waals surface area contributed by atoms with Gasteiger partial charge in [-0.25, -0.2) is 0 Å². The SMILES string of the molecule is OCC[C@@H]1C=CCCCC1. The number of hydrogen-bond donors (Lipinski definition) is 1. The maximum Gasteiger partial charge on any atom is 0.0436 e. The normalized spacial score (nSPS) is 26.3. The highest BCUT2D eigenvalue weighted by Gasteiger charge is 2.05. The molecule has 1 N–H and O–H groups in total. The third-order valence-corrected chi connectivity index (χ3v) is 2.10. The van der Waals surface area contributed by atoms with Gasteiger partial charge in [0.15, 0.2) is 0 Å². The van der Waals surface area contributed by atoms with E-state index in [0.29, 0.717) is 12.5 Å². The van der Waals surface area contributed by atoms with E-state index in [4.69, 9.17) is 5.11 Å². The Kier molecular flexibility index (Phi) is 3.52. The van der Waals surface area contributed by atoms with E-state index in [0.717, 1.165) is 6.42 Å². The molecule has 0 bridgehead atoms. The van der Waals surface area contributed by atoms with Gasteiger partial charge in [-0.2, -0.15) is 0 Å². The molecule has 1 rings (SSSR count). The highest BCUT2D eigenvalue weighted by Crippen LogP contribution is 2.18. The summed E-state index contributed by atoms with van der Waals surface area (Å²) < 4.78 is 0. The molecule has 1 atom stereocenters. The zero-order chi connectivity index (χ0) is 7.23. The fourth-order valence-corrected chi connectivity index (χ4v) is 1.46. The van der Waals surface area contributed by atoms with Gasteiger partial charge in [-0.15, -0.1) is 0 Å². The average molecular weight is 140 g/mol. The maximum atomic E-state index is 8.68. The Morgan fingerprint density at radius 1 is 1.40 bits per heavy atom. The van der Waals surface area contributed by atoms with Crippen molar-refractivity contribution in [2.75, 3.05) is 6.61 Å². The summed E-state index contributed by atoms with van der Waals surface area (Å²) in [6, 6.07) is 0. The van der Waals surface area contributed by atoms with Crippen LogP contribution in [0.2, 0.25) is 0 Å². The minimum absolute atomic E-state index is 0.342. The predicted molar refractivity (Wildman–Crippen MR) is 42.8 cm³/mol. The van der Waals surface area contributed by atoms with Gasteiger partial charge >= 0.3 is 0 Å². The first kappa shape index (κ1) is 7.80. The summed E-state index contributed by atoms with van der Waals surface area (Å²) in [5, 5.41) is 8.68. The fraction of sp³-hybridized carbons (Fsp3) is 0.778. The molecule has 0 unspecified atom stereocenters. The highest BCUT2D eigenvalue weighted by atomic mass is 16.3. The number of allylic oxidation sites excluding steroid dienone is 2. The van der Waals surface area contributed by atoms with Crippen molar-refractivity contribution in [3.8, 4) is 0 Å². The van der Waals surface area contributed by atoms with Crippen molar-refractivity contribution in [1.82, 2.24) is 0 Å². The van der Waals surface area contributed by atoms with Gasteiger partial charge in [0.2, 0.25) is 0 Å². The summed E-state index contributed by atoms with van der Waals surface area (Å²) >= 11 is 0. The Hall–Kier alpha value is -0.300. The van der Waals surface area contributed by atoms with Gasteiger partial charge in [0, 0.05) is 6.61 Å². The Morgan fingerprint density at radius 3 is 3.10 bits per heavy atom. The molecule has 1 aliphatic carbocycles. The number of hydrogen-bond acceptors (Lipinski definition) is 1. The second kappa shape index (κ2) is 4.51. The Labute approximate surface area is 62.8 Å². The number of rotatable bonds is 2. The molecule has 0 amide bonds. The van der Waals surface area contributed by atoms with Crippen LogP contribution in [0.15, 0.2) is 12.2 Å². The van der Waals surface area contributed by atoms with Crippen LogP contribution in [0, 0.1) is 5.92 Å². The minimum Gasteiger partial charge on any atom is -0.396 e. The standard InChI is InChI=1S/C9H16O/c10-8-7-9-5-3-1-2-4-6-9/h3,5,9-10H,1-2,4,6-8H2/t9-/m1/s1. The summed E-state index contributed by atoms with van der Waals surface area (Å²) in [5.74, 6) is 0.660. The van der Waals surface area contributed by atoms with Gasteiger partial charge in [0.25, 0.3) is 0 Å². The van der Waals surface area contributed by atoms with Crippen LogP contribution in [0.4, 0.5) is 0 Å². The molecule has 0 aromatic rings. The molecule has 0 heterocycles. The van der Waals surface area contributed by atoms with Crippen LogP contribution < -0.4 is 0 Å². The second-order valence-corrected chi connectivity index (χ2v) is 2.98. The lowest BCUT2D eigenvalue weighted by atomic mass is 10.0. The predicted octanol–water partition coefficient (Wildman–Crippen LogP) is 2.12. The second-order valence-electron chi connectivity index (χ2n) is 2.98. The van der Waals surface area contributed by atoms with Gasteiger partial charge in [0.1, 0.15) is 0 Å². The van der Waals surface area contributed by atoms with Gasteiger partial charge in [0.05, 0.1) is 0 Å². The molecule has 0 spiro atoms. The Bertz CT molecular complexity index is 107. The maximum absolute atomic E-state index is 8.68. The van der Waals surface area contributed by atoms with Crippen molar-refractivity contribution in [1.29, 1.82) is 0 Å². The van der Waals surface area contributed by atoms with Crippen LogP contribution in [-0.2, 0) is 0 Å². The summed E-state index contributed by atoms with van der Waals surface area (Å²) in [4.78, 5) is 0. The van der Waals surface area contributed by atoms with Crippen molar-refractivity contribution < 1.29 is 5.11 Å². The molecule has 0 fully saturated rings. The smallest absolute Gasteiger partial charge is 0.0436 e. The molecule has 0 aromatic heterocycles. The molecule has 0 saturated carbocycles. The summed E-state index contributed by atoms with van der Waals surface area (Å²) in [7, 11) is 0. The van der Waals surface area contributed by atoms with Crippen molar-refractivity contribution >= 4 is 0 Å². The van der Waals surface area contributed by atoms with E-state index < -0.39 is 0 Å². The third-order valence-electron chi connectivity index (χ3n) is 2.10. The van der Waals surface area contributed by atoms with E-state index >= 15 is 0 Å². The van der Waals surface area contributed by atoms with Crippen LogP contribution in [0.3, 0.4) is 0 Å². The zero-order valence-electron chi connectivity index (χ0n) is 6.42. The van der Waals surface area contributed by atoms with E-state index in [1.54, 1.807) is 0 Å². The van der Waals surface area contributed by atoms with Crippen molar-refractivity contribution in [2.45, 2.75) is 32.1 Å². The lowest BCUT2D eigenvalue weighted by molar-refractivity contribution is 0.266. The molecule has 10 heavy (non-hydrogen) atoms. The first-order valence-electron chi connectivity index (χ1n) is 4.21. The van der Waals surface area contributed by atoms with Gasteiger partial charge in [-0.3, -0.25) is 0 Å². The summed E-state index contributed by atoms with van der Waals surface area (Å²) in [5.41, 5.74) is 0. The summed E-state index contributed by atoms with van der Waals surface area (Å²) in [6.45, 7) is 0.342. The van der Waals surface area contributed by atoms with E-state index in [1.807, 2.05) is 0 Å². The molecule has 1 nitrogen and oxygen atoms in total. The number of aliphatic hydroxyl groups is 1. The van der Waals surface area contributed by atoms with E-state index in [2.05, 4.69) is 12.2 Å². The fourth-order valence-electron chi connectivity index (χ4n) is 1.46. The monoisotopic (exact) mass is 140 g/mol. The molecule has 0 radical (unpaired) electrons. The van der Waals surface area contributed by atoms with Crippen LogP contribution in [0.1, 0.15) is 32.1 Å². The quantitative estimate of drug-likeness (QED) is 0.582. The highest BCUT2D eigenvalue weighted by molar-refractivity contribution is 4.90. The van der Waals surface area contributed by atoms with Crippen LogP contribution >= 0.6 is 0 Å². The van der Waals surface area contributed by atoms with Crippen LogP contribution in [0.25, 0.3) is 0 Å².